The van der Waals surface area contributed by atoms with Crippen LogP contribution >= 0.6 is 0 Å². The fourth-order valence-electron chi connectivity index (χ4n) is 7.63. The van der Waals surface area contributed by atoms with Crippen molar-refractivity contribution in [2.24, 2.45) is 0 Å². The molecule has 3 unspecified atom stereocenters. The second-order valence-electron chi connectivity index (χ2n) is 16.7. The lowest BCUT2D eigenvalue weighted by Crippen LogP contribution is -2.50. The Labute approximate surface area is 331 Å². The number of unbranched alkanes of at least 4 members (excludes halogenated alkanes) is 34. The minimum absolute atomic E-state index is 0.150. The van der Waals surface area contributed by atoms with Crippen LogP contribution in [0.3, 0.4) is 0 Å². The van der Waals surface area contributed by atoms with Gasteiger partial charge < -0.3 is 20.6 Å². The predicted molar refractivity (Wildman–Crippen MR) is 232 cm³/mol. The molecule has 0 aromatic carbocycles. The first kappa shape index (κ1) is 52.1. The molecule has 0 radical (unpaired) electrons. The van der Waals surface area contributed by atoms with E-state index in [2.05, 4.69) is 31.3 Å². The van der Waals surface area contributed by atoms with Gasteiger partial charge in [0, 0.05) is 6.42 Å². The first-order valence-electron chi connectivity index (χ1n) is 24.0. The number of rotatable bonds is 44. The Morgan fingerprint density at radius 1 is 0.453 bits per heavy atom. The Balaban J connectivity index is 3.57. The number of aliphatic hydroxyl groups excluding tert-OH is 3. The number of hydrogen-bond acceptors (Lipinski definition) is 4. The third-order valence-electron chi connectivity index (χ3n) is 11.4. The third-order valence-corrected chi connectivity index (χ3v) is 11.4. The zero-order valence-corrected chi connectivity index (χ0v) is 35.9. The molecular weight excluding hydrogens is 655 g/mol. The maximum Gasteiger partial charge on any atom is 0.220 e. The second kappa shape index (κ2) is 43.8. The van der Waals surface area contributed by atoms with E-state index in [1.807, 2.05) is 0 Å². The average Bonchev–Trinajstić information content (AvgIpc) is 3.16. The van der Waals surface area contributed by atoms with Crippen LogP contribution in [-0.2, 0) is 4.79 Å². The van der Waals surface area contributed by atoms with Gasteiger partial charge in [-0.1, -0.05) is 231 Å². The van der Waals surface area contributed by atoms with Crippen LogP contribution in [0.1, 0.15) is 264 Å². The van der Waals surface area contributed by atoms with E-state index in [0.29, 0.717) is 12.8 Å². The molecular formula is C48H95NO4. The van der Waals surface area contributed by atoms with Crippen LogP contribution in [0, 0.1) is 0 Å². The van der Waals surface area contributed by atoms with Gasteiger partial charge in [0.05, 0.1) is 18.8 Å². The van der Waals surface area contributed by atoms with Crippen molar-refractivity contribution in [3.05, 3.63) is 12.2 Å². The molecule has 5 nitrogen and oxygen atoms in total. The van der Waals surface area contributed by atoms with E-state index in [1.54, 1.807) is 0 Å². The summed E-state index contributed by atoms with van der Waals surface area (Å²) in [7, 11) is 0. The first-order chi connectivity index (χ1) is 26.1. The van der Waals surface area contributed by atoms with Crippen LogP contribution in [0.25, 0.3) is 0 Å². The molecule has 53 heavy (non-hydrogen) atoms. The molecule has 0 aliphatic heterocycles. The molecule has 316 valence electrons. The zero-order valence-electron chi connectivity index (χ0n) is 35.9. The highest BCUT2D eigenvalue weighted by molar-refractivity contribution is 5.76. The molecule has 0 aliphatic carbocycles. The normalized spacial score (nSPS) is 13.5. The van der Waals surface area contributed by atoms with E-state index in [1.165, 1.54) is 193 Å². The fraction of sp³-hybridized carbons (Fsp3) is 0.938. The molecule has 0 heterocycles. The van der Waals surface area contributed by atoms with Crippen molar-refractivity contribution < 1.29 is 20.1 Å². The molecule has 1 amide bonds. The van der Waals surface area contributed by atoms with E-state index in [-0.39, 0.29) is 12.5 Å². The summed E-state index contributed by atoms with van der Waals surface area (Å²) < 4.78 is 0. The van der Waals surface area contributed by atoms with Crippen molar-refractivity contribution in [1.29, 1.82) is 0 Å². The Hall–Kier alpha value is -0.910. The van der Waals surface area contributed by atoms with E-state index < -0.39 is 18.2 Å². The van der Waals surface area contributed by atoms with Gasteiger partial charge in [-0.25, -0.2) is 0 Å². The summed E-state index contributed by atoms with van der Waals surface area (Å²) in [6, 6.07) is -0.810. The molecule has 0 saturated carbocycles. The van der Waals surface area contributed by atoms with Gasteiger partial charge in [-0.05, 0) is 38.5 Å². The van der Waals surface area contributed by atoms with Crippen LogP contribution in [-0.4, -0.2) is 46.1 Å². The van der Waals surface area contributed by atoms with Gasteiger partial charge in [0.1, 0.15) is 6.10 Å². The average molecular weight is 750 g/mol. The monoisotopic (exact) mass is 750 g/mol. The number of carbonyl (C=O) groups is 1. The van der Waals surface area contributed by atoms with Gasteiger partial charge in [-0.2, -0.15) is 0 Å². The summed E-state index contributed by atoms with van der Waals surface area (Å²) in [5.41, 5.74) is 0. The summed E-state index contributed by atoms with van der Waals surface area (Å²) in [5.74, 6) is -0.150. The van der Waals surface area contributed by atoms with Crippen molar-refractivity contribution in [2.75, 3.05) is 6.61 Å². The number of aliphatic hydroxyl groups is 3. The van der Waals surface area contributed by atoms with Gasteiger partial charge in [0.25, 0.3) is 0 Å². The highest BCUT2D eigenvalue weighted by Gasteiger charge is 2.26. The predicted octanol–water partition coefficient (Wildman–Crippen LogP) is 14.0. The quantitative estimate of drug-likeness (QED) is 0.0369. The van der Waals surface area contributed by atoms with Crippen molar-refractivity contribution >= 4 is 5.91 Å². The summed E-state index contributed by atoms with van der Waals surface area (Å²) in [4.78, 5) is 12.4. The topological polar surface area (TPSA) is 89.8 Å². The van der Waals surface area contributed by atoms with Gasteiger partial charge in [-0.3, -0.25) is 4.79 Å². The molecule has 0 fully saturated rings. The second-order valence-corrected chi connectivity index (χ2v) is 16.7. The first-order valence-corrected chi connectivity index (χ1v) is 24.0. The number of amides is 1. The summed E-state index contributed by atoms with van der Waals surface area (Å²) in [6.45, 7) is 4.19. The third kappa shape index (κ3) is 39.1. The highest BCUT2D eigenvalue weighted by atomic mass is 16.3. The van der Waals surface area contributed by atoms with Crippen molar-refractivity contribution in [2.45, 2.75) is 283 Å². The lowest BCUT2D eigenvalue weighted by molar-refractivity contribution is -0.124. The lowest BCUT2D eigenvalue weighted by Gasteiger charge is -2.26. The Kier molecular flexibility index (Phi) is 43.1. The molecule has 0 saturated heterocycles. The van der Waals surface area contributed by atoms with Crippen LogP contribution in [0.5, 0.6) is 0 Å². The van der Waals surface area contributed by atoms with Crippen LogP contribution in [0.15, 0.2) is 12.2 Å². The minimum Gasteiger partial charge on any atom is -0.394 e. The maximum absolute atomic E-state index is 12.4. The van der Waals surface area contributed by atoms with Crippen LogP contribution in [0.2, 0.25) is 0 Å². The van der Waals surface area contributed by atoms with Gasteiger partial charge in [-0.15, -0.1) is 0 Å². The number of nitrogens with one attached hydrogen (secondary N) is 1. The smallest absolute Gasteiger partial charge is 0.220 e. The molecule has 4 N–H and O–H groups in total. The zero-order chi connectivity index (χ0) is 38.7. The molecule has 0 aliphatic rings. The molecule has 0 bridgehead atoms. The molecule has 0 rings (SSSR count). The molecule has 3 atom stereocenters. The van der Waals surface area contributed by atoms with E-state index in [9.17, 15) is 20.1 Å². The standard InChI is InChI=1S/C48H95NO4/c1-3-5-7-9-11-13-15-17-19-21-22-23-24-25-26-27-28-30-32-34-36-38-40-42-46(51)48(53)45(44-50)49-47(52)43-41-39-37-35-33-31-29-20-18-16-14-12-10-8-6-4-2/h20,29,45-46,48,50-51,53H,3-19,21-28,30-44H2,1-2H3,(H,49,52)/b29-20-. The lowest BCUT2D eigenvalue weighted by atomic mass is 9.99. The summed E-state index contributed by atoms with van der Waals surface area (Å²) in [6.07, 6.45) is 51.9. The number of allylic oxidation sites excluding steroid dienone is 2. The number of hydrogen-bond donors (Lipinski definition) is 4. The molecule has 0 aromatic rings. The van der Waals surface area contributed by atoms with E-state index in [0.717, 1.165) is 44.9 Å². The fourth-order valence-corrected chi connectivity index (χ4v) is 7.63. The van der Waals surface area contributed by atoms with E-state index >= 15 is 0 Å². The van der Waals surface area contributed by atoms with E-state index in [4.69, 9.17) is 0 Å². The molecule has 0 aromatic heterocycles. The highest BCUT2D eigenvalue weighted by Crippen LogP contribution is 2.17. The SMILES string of the molecule is CCCCCCCCC/C=C\CCCCCCCC(=O)NC(CO)C(O)C(O)CCCCCCCCCCCCCCCCCCCCCCCCC. The van der Waals surface area contributed by atoms with Crippen molar-refractivity contribution in [3.8, 4) is 0 Å². The Bertz CT molecular complexity index is 743. The summed E-state index contributed by atoms with van der Waals surface area (Å²) in [5, 5.41) is 33.6. The number of carbonyl (C=O) groups excluding carboxylic acids is 1. The molecule has 5 heteroatoms. The largest absolute Gasteiger partial charge is 0.394 e. The minimum atomic E-state index is -1.14. The van der Waals surface area contributed by atoms with Gasteiger partial charge in [0.2, 0.25) is 5.91 Å². The Morgan fingerprint density at radius 3 is 1.09 bits per heavy atom. The van der Waals surface area contributed by atoms with Crippen molar-refractivity contribution in [1.82, 2.24) is 5.32 Å². The van der Waals surface area contributed by atoms with Crippen molar-refractivity contribution in [3.63, 3.8) is 0 Å². The van der Waals surface area contributed by atoms with Crippen LogP contribution in [0.4, 0.5) is 0 Å². The summed E-state index contributed by atoms with van der Waals surface area (Å²) >= 11 is 0. The van der Waals surface area contributed by atoms with Gasteiger partial charge >= 0.3 is 0 Å². The maximum atomic E-state index is 12.4. The van der Waals surface area contributed by atoms with Crippen LogP contribution < -0.4 is 5.32 Å². The van der Waals surface area contributed by atoms with Gasteiger partial charge in [0.15, 0.2) is 0 Å². The molecule has 0 spiro atoms. The Morgan fingerprint density at radius 2 is 0.755 bits per heavy atom.